The van der Waals surface area contributed by atoms with Gasteiger partial charge >= 0.3 is 11.7 Å². The number of aromatic nitrogens is 2. The molecular weight excluding hydrogens is 176 g/mol. The number of carboxylic acid groups (broad SMARTS) is 1. The number of nitrogens with zero attached hydrogens (tertiary/aromatic N) is 2. The third-order valence-electron chi connectivity index (χ3n) is 1.79. The molecule has 0 saturated heterocycles. The van der Waals surface area contributed by atoms with E-state index in [9.17, 15) is 9.59 Å². The molecule has 1 aromatic rings. The summed E-state index contributed by atoms with van der Waals surface area (Å²) in [6.07, 6.45) is 1.02. The SMILES string of the molecule is O=C(O)c1cnc(=O)n2c1OCC2. The van der Waals surface area contributed by atoms with E-state index in [0.717, 1.165) is 6.20 Å². The van der Waals surface area contributed by atoms with Crippen LogP contribution in [0, 0.1) is 0 Å². The normalized spacial score (nSPS) is 13.5. The van der Waals surface area contributed by atoms with E-state index < -0.39 is 11.7 Å². The highest BCUT2D eigenvalue weighted by Crippen LogP contribution is 2.19. The fraction of sp³-hybridized carbons (Fsp3) is 0.286. The number of carboxylic acids is 1. The molecule has 6 nitrogen and oxygen atoms in total. The monoisotopic (exact) mass is 182 g/mol. The van der Waals surface area contributed by atoms with Crippen molar-refractivity contribution >= 4 is 5.97 Å². The average molecular weight is 182 g/mol. The second-order valence-corrected chi connectivity index (χ2v) is 2.56. The first-order valence-corrected chi connectivity index (χ1v) is 3.66. The maximum Gasteiger partial charge on any atom is 0.350 e. The van der Waals surface area contributed by atoms with E-state index in [0.29, 0.717) is 13.2 Å². The summed E-state index contributed by atoms with van der Waals surface area (Å²) in [7, 11) is 0. The Morgan fingerprint density at radius 2 is 2.46 bits per heavy atom. The first kappa shape index (κ1) is 7.78. The molecule has 1 aromatic heterocycles. The Morgan fingerprint density at radius 1 is 1.69 bits per heavy atom. The molecule has 0 fully saturated rings. The molecule has 13 heavy (non-hydrogen) atoms. The standard InChI is InChI=1S/C7H6N2O4/c10-6(11)4-3-8-7(12)9-1-2-13-5(4)9/h3H,1-2H2,(H,10,11). The largest absolute Gasteiger partial charge is 0.477 e. The third-order valence-corrected chi connectivity index (χ3v) is 1.79. The fourth-order valence-electron chi connectivity index (χ4n) is 1.21. The first-order chi connectivity index (χ1) is 6.20. The highest BCUT2D eigenvalue weighted by atomic mass is 16.5. The molecule has 0 atom stereocenters. The second-order valence-electron chi connectivity index (χ2n) is 2.56. The van der Waals surface area contributed by atoms with Crippen LogP contribution in [0.25, 0.3) is 0 Å². The van der Waals surface area contributed by atoms with E-state index >= 15 is 0 Å². The van der Waals surface area contributed by atoms with Gasteiger partial charge in [0.1, 0.15) is 12.2 Å². The van der Waals surface area contributed by atoms with Crippen molar-refractivity contribution < 1.29 is 14.6 Å². The first-order valence-electron chi connectivity index (χ1n) is 3.66. The predicted octanol–water partition coefficient (Wildman–Crippen LogP) is -0.666. The summed E-state index contributed by atoms with van der Waals surface area (Å²) in [5.74, 6) is -1.04. The molecule has 6 heteroatoms. The quantitative estimate of drug-likeness (QED) is 0.623. The average Bonchev–Trinajstić information content (AvgIpc) is 2.53. The molecule has 0 bridgehead atoms. The molecule has 0 aromatic carbocycles. The van der Waals surface area contributed by atoms with Crippen LogP contribution in [0.5, 0.6) is 5.88 Å². The van der Waals surface area contributed by atoms with Crippen molar-refractivity contribution in [1.82, 2.24) is 9.55 Å². The van der Waals surface area contributed by atoms with Gasteiger partial charge in [-0.3, -0.25) is 4.57 Å². The molecule has 0 unspecified atom stereocenters. The molecule has 68 valence electrons. The highest BCUT2D eigenvalue weighted by Gasteiger charge is 2.21. The molecule has 2 heterocycles. The van der Waals surface area contributed by atoms with Crippen molar-refractivity contribution in [2.24, 2.45) is 0 Å². The van der Waals surface area contributed by atoms with Crippen molar-refractivity contribution in [3.05, 3.63) is 22.2 Å². The van der Waals surface area contributed by atoms with E-state index in [-0.39, 0.29) is 11.4 Å². The molecule has 0 amide bonds. The maximum atomic E-state index is 11.1. The zero-order valence-corrected chi connectivity index (χ0v) is 6.56. The lowest BCUT2D eigenvalue weighted by atomic mass is 10.3. The number of aromatic carboxylic acids is 1. The molecule has 0 aliphatic carbocycles. The number of rotatable bonds is 1. The van der Waals surface area contributed by atoms with Gasteiger partial charge in [-0.2, -0.15) is 0 Å². The van der Waals surface area contributed by atoms with Crippen LogP contribution < -0.4 is 10.4 Å². The van der Waals surface area contributed by atoms with E-state index in [1.807, 2.05) is 0 Å². The molecule has 1 aliphatic heterocycles. The van der Waals surface area contributed by atoms with Gasteiger partial charge in [0, 0.05) is 0 Å². The third kappa shape index (κ3) is 1.07. The van der Waals surface area contributed by atoms with Gasteiger partial charge in [-0.25, -0.2) is 14.6 Å². The zero-order valence-electron chi connectivity index (χ0n) is 6.56. The van der Waals surface area contributed by atoms with Crippen molar-refractivity contribution in [3.63, 3.8) is 0 Å². The van der Waals surface area contributed by atoms with Crippen molar-refractivity contribution in [1.29, 1.82) is 0 Å². The molecule has 0 radical (unpaired) electrons. The Labute approximate surface area is 72.4 Å². The highest BCUT2D eigenvalue weighted by molar-refractivity contribution is 5.89. The zero-order chi connectivity index (χ0) is 9.42. The minimum atomic E-state index is -1.14. The van der Waals surface area contributed by atoms with Crippen LogP contribution in [0.4, 0.5) is 0 Å². The summed E-state index contributed by atoms with van der Waals surface area (Å²) in [6, 6.07) is 0. The topological polar surface area (TPSA) is 81.4 Å². The van der Waals surface area contributed by atoms with Crippen LogP contribution in [0.1, 0.15) is 10.4 Å². The minimum absolute atomic E-state index is 0.0721. The van der Waals surface area contributed by atoms with Crippen molar-refractivity contribution in [2.45, 2.75) is 6.54 Å². The van der Waals surface area contributed by atoms with Gasteiger partial charge in [-0.05, 0) is 0 Å². The molecular formula is C7H6N2O4. The lowest BCUT2D eigenvalue weighted by Crippen LogP contribution is -2.21. The lowest BCUT2D eigenvalue weighted by Gasteiger charge is -2.02. The maximum absolute atomic E-state index is 11.1. The molecule has 1 aliphatic rings. The Balaban J connectivity index is 2.69. The van der Waals surface area contributed by atoms with Gasteiger partial charge in [-0.1, -0.05) is 0 Å². The fourth-order valence-corrected chi connectivity index (χ4v) is 1.21. The smallest absolute Gasteiger partial charge is 0.350 e. The minimum Gasteiger partial charge on any atom is -0.477 e. The van der Waals surface area contributed by atoms with E-state index in [1.54, 1.807) is 0 Å². The van der Waals surface area contributed by atoms with Crippen LogP contribution in [0.15, 0.2) is 11.0 Å². The summed E-state index contributed by atoms with van der Waals surface area (Å²) < 4.78 is 6.23. The Bertz CT molecular complexity index is 423. The summed E-state index contributed by atoms with van der Waals surface area (Å²) in [5.41, 5.74) is -0.547. The van der Waals surface area contributed by atoms with Gasteiger partial charge < -0.3 is 9.84 Å². The van der Waals surface area contributed by atoms with Gasteiger partial charge in [0.05, 0.1) is 12.7 Å². The lowest BCUT2D eigenvalue weighted by molar-refractivity contribution is 0.0691. The Hall–Kier alpha value is -1.85. The predicted molar refractivity (Wildman–Crippen MR) is 41.0 cm³/mol. The van der Waals surface area contributed by atoms with Gasteiger partial charge in [0.25, 0.3) is 0 Å². The van der Waals surface area contributed by atoms with E-state index in [4.69, 9.17) is 9.84 Å². The van der Waals surface area contributed by atoms with Crippen LogP contribution in [-0.2, 0) is 6.54 Å². The molecule has 1 N–H and O–H groups in total. The number of ether oxygens (including phenoxy) is 1. The van der Waals surface area contributed by atoms with Crippen LogP contribution in [0.2, 0.25) is 0 Å². The summed E-state index contributed by atoms with van der Waals surface area (Å²) in [6.45, 7) is 0.684. The van der Waals surface area contributed by atoms with Gasteiger partial charge in [0.2, 0.25) is 5.88 Å². The molecule has 2 rings (SSSR count). The van der Waals surface area contributed by atoms with Crippen molar-refractivity contribution in [2.75, 3.05) is 6.61 Å². The van der Waals surface area contributed by atoms with Crippen LogP contribution in [-0.4, -0.2) is 27.2 Å². The number of hydrogen-bond acceptors (Lipinski definition) is 4. The summed E-state index contributed by atoms with van der Waals surface area (Å²) in [5, 5.41) is 8.70. The van der Waals surface area contributed by atoms with Crippen molar-refractivity contribution in [3.8, 4) is 5.88 Å². The number of fused-ring (bicyclic) bond motifs is 1. The summed E-state index contributed by atoms with van der Waals surface area (Å²) >= 11 is 0. The van der Waals surface area contributed by atoms with Gasteiger partial charge in [0.15, 0.2) is 0 Å². The van der Waals surface area contributed by atoms with E-state index in [2.05, 4.69) is 4.98 Å². The van der Waals surface area contributed by atoms with Gasteiger partial charge in [-0.15, -0.1) is 0 Å². The van der Waals surface area contributed by atoms with Crippen LogP contribution >= 0.6 is 0 Å². The Kier molecular flexibility index (Phi) is 1.54. The van der Waals surface area contributed by atoms with Crippen LogP contribution in [0.3, 0.4) is 0 Å². The second kappa shape index (κ2) is 2.58. The molecule has 0 spiro atoms. The number of carbonyl (C=O) groups is 1. The van der Waals surface area contributed by atoms with E-state index in [1.165, 1.54) is 4.57 Å². The number of hydrogen-bond donors (Lipinski definition) is 1. The Morgan fingerprint density at radius 3 is 3.15 bits per heavy atom. The summed E-state index contributed by atoms with van der Waals surface area (Å²) in [4.78, 5) is 25.1. The molecule has 0 saturated carbocycles.